The smallest absolute Gasteiger partial charge is 0.113 e. The summed E-state index contributed by atoms with van der Waals surface area (Å²) in [5.74, 6) is 0. The van der Waals surface area contributed by atoms with Gasteiger partial charge in [-0.25, -0.2) is 0 Å². The van der Waals surface area contributed by atoms with Crippen LogP contribution in [0, 0.1) is 0 Å². The van der Waals surface area contributed by atoms with Gasteiger partial charge in [-0.05, 0) is 20.3 Å². The first kappa shape index (κ1) is 7.98. The molecule has 3 atom stereocenters. The van der Waals surface area contributed by atoms with Crippen molar-refractivity contribution < 1.29 is 14.9 Å². The van der Waals surface area contributed by atoms with Crippen LogP contribution in [0.3, 0.4) is 0 Å². The second kappa shape index (κ2) is 2.49. The first-order chi connectivity index (χ1) is 4.55. The van der Waals surface area contributed by atoms with Crippen LogP contribution in [0.15, 0.2) is 0 Å². The Labute approximate surface area is 60.6 Å². The summed E-state index contributed by atoms with van der Waals surface area (Å²) in [6, 6.07) is 0. The van der Waals surface area contributed by atoms with Crippen molar-refractivity contribution in [1.29, 1.82) is 0 Å². The van der Waals surface area contributed by atoms with Crippen LogP contribution in [0.1, 0.15) is 20.3 Å². The molecule has 3 unspecified atom stereocenters. The molecule has 0 amide bonds. The third-order valence-corrected chi connectivity index (χ3v) is 2.26. The van der Waals surface area contributed by atoms with E-state index < -0.39 is 11.7 Å². The van der Waals surface area contributed by atoms with Crippen LogP contribution in [0.2, 0.25) is 0 Å². The molecule has 0 aromatic carbocycles. The maximum Gasteiger partial charge on any atom is 0.113 e. The lowest BCUT2D eigenvalue weighted by Crippen LogP contribution is -2.53. The van der Waals surface area contributed by atoms with Crippen LogP contribution in [0.4, 0.5) is 0 Å². The molecule has 0 aromatic rings. The van der Waals surface area contributed by atoms with Gasteiger partial charge in [0.05, 0.1) is 12.2 Å². The molecule has 2 N–H and O–H groups in total. The molecule has 1 heterocycles. The van der Waals surface area contributed by atoms with E-state index in [9.17, 15) is 10.2 Å². The number of aliphatic hydroxyl groups excluding tert-OH is 1. The number of hydrogen-bond donors (Lipinski definition) is 2. The highest BCUT2D eigenvalue weighted by Gasteiger charge is 2.39. The highest BCUT2D eigenvalue weighted by molar-refractivity contribution is 4.90. The summed E-state index contributed by atoms with van der Waals surface area (Å²) in [4.78, 5) is 0. The van der Waals surface area contributed by atoms with Gasteiger partial charge in [-0.15, -0.1) is 0 Å². The zero-order chi connectivity index (χ0) is 7.78. The average Bonchev–Trinajstić information content (AvgIpc) is 1.84. The Morgan fingerprint density at radius 2 is 2.20 bits per heavy atom. The minimum atomic E-state index is -1.07. The highest BCUT2D eigenvalue weighted by Crippen LogP contribution is 2.24. The van der Waals surface area contributed by atoms with Gasteiger partial charge in [-0.3, -0.25) is 0 Å². The van der Waals surface area contributed by atoms with Gasteiger partial charge in [-0.1, -0.05) is 0 Å². The summed E-state index contributed by atoms with van der Waals surface area (Å²) < 4.78 is 5.15. The van der Waals surface area contributed by atoms with Gasteiger partial charge < -0.3 is 14.9 Å². The summed E-state index contributed by atoms with van der Waals surface area (Å²) in [6.45, 7) is 3.91. The molecule has 1 aliphatic rings. The number of aliphatic hydroxyl groups is 2. The first-order valence-corrected chi connectivity index (χ1v) is 3.57. The second-order valence-electron chi connectivity index (χ2n) is 3.04. The Kier molecular flexibility index (Phi) is 1.99. The van der Waals surface area contributed by atoms with E-state index in [0.717, 1.165) is 0 Å². The fraction of sp³-hybridized carbons (Fsp3) is 1.00. The summed E-state index contributed by atoms with van der Waals surface area (Å²) >= 11 is 0. The highest BCUT2D eigenvalue weighted by atomic mass is 16.5. The van der Waals surface area contributed by atoms with E-state index in [-0.39, 0.29) is 6.10 Å². The fourth-order valence-electron chi connectivity index (χ4n) is 1.09. The van der Waals surface area contributed by atoms with Gasteiger partial charge in [0.15, 0.2) is 0 Å². The van der Waals surface area contributed by atoms with E-state index in [0.29, 0.717) is 13.0 Å². The van der Waals surface area contributed by atoms with E-state index in [2.05, 4.69) is 0 Å². The molecule has 0 bridgehead atoms. The third-order valence-electron chi connectivity index (χ3n) is 2.26. The predicted octanol–water partition coefficient (Wildman–Crippen LogP) is -0.0929. The molecule has 1 aliphatic heterocycles. The number of rotatable bonds is 0. The third kappa shape index (κ3) is 1.17. The van der Waals surface area contributed by atoms with Crippen LogP contribution in [0.5, 0.6) is 0 Å². The molecule has 1 fully saturated rings. The molecule has 3 nitrogen and oxygen atoms in total. The van der Waals surface area contributed by atoms with Crippen LogP contribution >= 0.6 is 0 Å². The maximum absolute atomic E-state index is 9.54. The molecule has 1 rings (SSSR count). The SMILES string of the molecule is CC1OCCC(O)C1(C)O. The van der Waals surface area contributed by atoms with Gasteiger partial charge in [0.1, 0.15) is 5.60 Å². The predicted molar refractivity (Wildman–Crippen MR) is 36.7 cm³/mol. The number of hydrogen-bond acceptors (Lipinski definition) is 3. The normalized spacial score (nSPS) is 49.2. The molecule has 0 aliphatic carbocycles. The molecule has 0 saturated carbocycles. The van der Waals surface area contributed by atoms with Crippen LogP contribution < -0.4 is 0 Å². The quantitative estimate of drug-likeness (QED) is 0.502. The number of ether oxygens (including phenoxy) is 1. The fourth-order valence-corrected chi connectivity index (χ4v) is 1.09. The Morgan fingerprint density at radius 3 is 2.60 bits per heavy atom. The molecular weight excluding hydrogens is 132 g/mol. The average molecular weight is 146 g/mol. The molecule has 0 aromatic heterocycles. The molecule has 60 valence electrons. The van der Waals surface area contributed by atoms with E-state index in [1.165, 1.54) is 0 Å². The lowest BCUT2D eigenvalue weighted by atomic mass is 9.89. The van der Waals surface area contributed by atoms with Gasteiger partial charge in [-0.2, -0.15) is 0 Å². The monoisotopic (exact) mass is 146 g/mol. The van der Waals surface area contributed by atoms with Crippen LogP contribution in [-0.4, -0.2) is 34.6 Å². The molecule has 3 heteroatoms. The summed E-state index contributed by atoms with van der Waals surface area (Å²) in [7, 11) is 0. The zero-order valence-corrected chi connectivity index (χ0v) is 6.37. The lowest BCUT2D eigenvalue weighted by Gasteiger charge is -2.38. The Bertz CT molecular complexity index is 110. The second-order valence-corrected chi connectivity index (χ2v) is 3.04. The van der Waals surface area contributed by atoms with Crippen LogP contribution in [-0.2, 0) is 4.74 Å². The summed E-state index contributed by atoms with van der Waals surface area (Å²) in [5.41, 5.74) is -1.07. The van der Waals surface area contributed by atoms with Crippen molar-refractivity contribution >= 4 is 0 Å². The minimum absolute atomic E-state index is 0.267. The minimum Gasteiger partial charge on any atom is -0.390 e. The van der Waals surface area contributed by atoms with E-state index in [1.807, 2.05) is 0 Å². The standard InChI is InChI=1S/C7H14O3/c1-5-7(2,9)6(8)3-4-10-5/h5-6,8-9H,3-4H2,1-2H3. The van der Waals surface area contributed by atoms with E-state index in [1.54, 1.807) is 13.8 Å². The first-order valence-electron chi connectivity index (χ1n) is 3.57. The van der Waals surface area contributed by atoms with Crippen molar-refractivity contribution in [1.82, 2.24) is 0 Å². The van der Waals surface area contributed by atoms with Crippen LogP contribution in [0.25, 0.3) is 0 Å². The summed E-state index contributed by atoms with van der Waals surface area (Å²) in [5, 5.41) is 18.8. The van der Waals surface area contributed by atoms with Crippen molar-refractivity contribution in [2.75, 3.05) is 6.61 Å². The lowest BCUT2D eigenvalue weighted by molar-refractivity contribution is -0.187. The Balaban J connectivity index is 2.63. The molecule has 10 heavy (non-hydrogen) atoms. The topological polar surface area (TPSA) is 49.7 Å². The zero-order valence-electron chi connectivity index (χ0n) is 6.37. The molecule has 0 spiro atoms. The Morgan fingerprint density at radius 1 is 1.60 bits per heavy atom. The molecule has 0 radical (unpaired) electrons. The maximum atomic E-state index is 9.54. The van der Waals surface area contributed by atoms with Crippen molar-refractivity contribution in [2.45, 2.75) is 38.1 Å². The van der Waals surface area contributed by atoms with E-state index in [4.69, 9.17) is 4.74 Å². The molecule has 1 saturated heterocycles. The van der Waals surface area contributed by atoms with Gasteiger partial charge >= 0.3 is 0 Å². The summed E-state index contributed by atoms with van der Waals surface area (Å²) in [6.07, 6.45) is -0.385. The van der Waals surface area contributed by atoms with Gasteiger partial charge in [0.2, 0.25) is 0 Å². The largest absolute Gasteiger partial charge is 0.390 e. The van der Waals surface area contributed by atoms with E-state index >= 15 is 0 Å². The van der Waals surface area contributed by atoms with Gasteiger partial charge in [0.25, 0.3) is 0 Å². The van der Waals surface area contributed by atoms with Crippen molar-refractivity contribution in [2.24, 2.45) is 0 Å². The van der Waals surface area contributed by atoms with Crippen molar-refractivity contribution in [3.63, 3.8) is 0 Å². The van der Waals surface area contributed by atoms with Crippen molar-refractivity contribution in [3.05, 3.63) is 0 Å². The van der Waals surface area contributed by atoms with Gasteiger partial charge in [0, 0.05) is 6.61 Å². The molecular formula is C7H14O3. The van der Waals surface area contributed by atoms with Crippen molar-refractivity contribution in [3.8, 4) is 0 Å². The Hall–Kier alpha value is -0.120.